The number of carbonyl (C=O) groups excluding carboxylic acids is 1. The van der Waals surface area contributed by atoms with Crippen LogP contribution < -0.4 is 19.6 Å². The van der Waals surface area contributed by atoms with Gasteiger partial charge in [-0.15, -0.1) is 0 Å². The highest BCUT2D eigenvalue weighted by molar-refractivity contribution is 6.31. The van der Waals surface area contributed by atoms with Gasteiger partial charge < -0.3 is 29.3 Å². The molecule has 1 fully saturated rings. The molecule has 0 radical (unpaired) electrons. The van der Waals surface area contributed by atoms with Crippen LogP contribution in [0, 0.1) is 11.6 Å². The fourth-order valence-electron chi connectivity index (χ4n) is 4.88. The van der Waals surface area contributed by atoms with E-state index in [0.29, 0.717) is 54.2 Å². The Hall–Kier alpha value is -3.85. The third kappa shape index (κ3) is 4.91. The smallest absolute Gasteiger partial charge is 0.207 e. The minimum atomic E-state index is -1.28. The van der Waals surface area contributed by atoms with Gasteiger partial charge in [-0.25, -0.2) is 13.8 Å². The van der Waals surface area contributed by atoms with Gasteiger partial charge in [-0.3, -0.25) is 0 Å². The molecule has 2 aliphatic rings. The van der Waals surface area contributed by atoms with Crippen LogP contribution in [0.2, 0.25) is 5.02 Å². The highest BCUT2D eigenvalue weighted by Gasteiger charge is 2.37. The van der Waals surface area contributed by atoms with E-state index in [2.05, 4.69) is 4.90 Å². The predicted octanol–water partition coefficient (Wildman–Crippen LogP) is 4.14. The fraction of sp³-hybridized carbons (Fsp3) is 0.259. The van der Waals surface area contributed by atoms with Crippen molar-refractivity contribution in [2.75, 3.05) is 43.1 Å². The largest absolute Gasteiger partial charge is 0.550 e. The van der Waals surface area contributed by atoms with Crippen molar-refractivity contribution >= 4 is 40.6 Å². The zero-order chi connectivity index (χ0) is 26.1. The molecule has 37 heavy (non-hydrogen) atoms. The molecule has 1 unspecified atom stereocenters. The van der Waals surface area contributed by atoms with E-state index in [1.54, 1.807) is 41.3 Å². The van der Waals surface area contributed by atoms with Gasteiger partial charge in [-0.05, 0) is 48.5 Å². The number of piperazine rings is 1. The number of carbonyl (C=O) groups is 1. The van der Waals surface area contributed by atoms with Crippen molar-refractivity contribution in [1.29, 1.82) is 0 Å². The monoisotopic (exact) mass is 525 g/mol. The van der Waals surface area contributed by atoms with Crippen molar-refractivity contribution < 1.29 is 23.4 Å². The molecule has 10 heteroatoms. The Balaban J connectivity index is 1.58. The van der Waals surface area contributed by atoms with E-state index in [0.717, 1.165) is 5.69 Å². The first-order chi connectivity index (χ1) is 17.9. The van der Waals surface area contributed by atoms with Crippen molar-refractivity contribution in [1.82, 2.24) is 4.90 Å². The molecule has 2 heterocycles. The molecule has 1 saturated heterocycles. The first kappa shape index (κ1) is 24.8. The van der Waals surface area contributed by atoms with Crippen molar-refractivity contribution in [3.63, 3.8) is 0 Å². The lowest BCUT2D eigenvalue weighted by molar-refractivity contribution is -0.306. The van der Waals surface area contributed by atoms with Gasteiger partial charge in [-0.1, -0.05) is 23.7 Å². The zero-order valence-electron chi connectivity index (χ0n) is 20.0. The molecule has 0 bridgehead atoms. The van der Waals surface area contributed by atoms with Crippen LogP contribution in [0.3, 0.4) is 0 Å². The van der Waals surface area contributed by atoms with Crippen molar-refractivity contribution in [2.45, 2.75) is 12.5 Å². The Morgan fingerprint density at radius 2 is 1.76 bits per heavy atom. The van der Waals surface area contributed by atoms with Gasteiger partial charge in [0.15, 0.2) is 0 Å². The summed E-state index contributed by atoms with van der Waals surface area (Å²) in [5, 5.41) is 12.3. The van der Waals surface area contributed by atoms with Crippen molar-refractivity contribution in [3.8, 4) is 5.75 Å². The van der Waals surface area contributed by atoms with Crippen LogP contribution in [-0.4, -0.2) is 50.1 Å². The molecule has 0 aromatic heterocycles. The first-order valence-corrected chi connectivity index (χ1v) is 12.2. The van der Waals surface area contributed by atoms with Gasteiger partial charge in [0.1, 0.15) is 23.1 Å². The average molecular weight is 526 g/mol. The topological polar surface area (TPSA) is 71.4 Å². The van der Waals surface area contributed by atoms with Gasteiger partial charge in [0.25, 0.3) is 0 Å². The number of benzene rings is 3. The molecule has 0 aliphatic carbocycles. The lowest BCUT2D eigenvalue weighted by atomic mass is 9.97. The number of ether oxygens (including phenoxy) is 1. The quantitative estimate of drug-likeness (QED) is 0.499. The number of nitrogens with zero attached hydrogens (tertiary/aromatic N) is 4. The molecule has 2 aliphatic heterocycles. The maximum Gasteiger partial charge on any atom is 0.207 e. The SMILES string of the molecule is COc1ccc(Cl)cc1N1C(N2CCN(c3ccc(F)cc3)CC2)=Nc2c(F)cccc2C1CC(=O)[O-]. The minimum absolute atomic E-state index is 0.0990. The normalized spacial score (nSPS) is 17.4. The highest BCUT2D eigenvalue weighted by Crippen LogP contribution is 2.45. The Labute approximate surface area is 218 Å². The summed E-state index contributed by atoms with van der Waals surface area (Å²) >= 11 is 6.35. The average Bonchev–Trinajstić information content (AvgIpc) is 2.89. The molecule has 192 valence electrons. The van der Waals surface area contributed by atoms with E-state index >= 15 is 0 Å². The third-order valence-corrected chi connectivity index (χ3v) is 6.87. The lowest BCUT2D eigenvalue weighted by Gasteiger charge is -2.45. The van der Waals surface area contributed by atoms with Crippen LogP contribution in [0.25, 0.3) is 0 Å². The van der Waals surface area contributed by atoms with Crippen LogP contribution in [0.4, 0.5) is 25.8 Å². The number of hydrogen-bond acceptors (Lipinski definition) is 7. The molecule has 0 amide bonds. The number of fused-ring (bicyclic) bond motifs is 1. The molecule has 1 atom stereocenters. The van der Waals surface area contributed by atoms with E-state index in [1.807, 2.05) is 4.90 Å². The number of aliphatic imine (C=N–C) groups is 1. The van der Waals surface area contributed by atoms with Crippen LogP contribution >= 0.6 is 11.6 Å². The van der Waals surface area contributed by atoms with E-state index in [1.165, 1.54) is 31.4 Å². The number of methoxy groups -OCH3 is 1. The fourth-order valence-corrected chi connectivity index (χ4v) is 5.04. The summed E-state index contributed by atoms with van der Waals surface area (Å²) in [6, 6.07) is 15.0. The summed E-state index contributed by atoms with van der Waals surface area (Å²) < 4.78 is 34.0. The standard InChI is InChI=1S/C27H25ClF2N4O3/c1-37-24-10-5-17(28)15-23(24)34-22(16-25(35)36)20-3-2-4-21(30)26(20)31-27(34)33-13-11-32(12-14-33)19-8-6-18(29)7-9-19/h2-10,15,22H,11-14,16H2,1H3,(H,35,36)/p-1. The number of anilines is 2. The molecular formula is C27H24ClF2N4O3-. The number of carboxylic acids is 1. The Morgan fingerprint density at radius 1 is 1.05 bits per heavy atom. The third-order valence-electron chi connectivity index (χ3n) is 6.63. The Bertz CT molecular complexity index is 1340. The van der Waals surface area contributed by atoms with E-state index in [-0.39, 0.29) is 11.5 Å². The Morgan fingerprint density at radius 3 is 2.43 bits per heavy atom. The predicted molar refractivity (Wildman–Crippen MR) is 137 cm³/mol. The molecule has 3 aromatic rings. The molecule has 0 spiro atoms. The van der Waals surface area contributed by atoms with Crippen molar-refractivity contribution in [2.24, 2.45) is 4.99 Å². The maximum atomic E-state index is 15.0. The number of halogens is 3. The molecule has 5 rings (SSSR count). The zero-order valence-corrected chi connectivity index (χ0v) is 20.8. The first-order valence-electron chi connectivity index (χ1n) is 11.8. The summed E-state index contributed by atoms with van der Waals surface area (Å²) in [7, 11) is 1.51. The second-order valence-electron chi connectivity index (χ2n) is 8.82. The van der Waals surface area contributed by atoms with Crippen LogP contribution in [0.1, 0.15) is 18.0 Å². The number of para-hydroxylation sites is 1. The van der Waals surface area contributed by atoms with E-state index < -0.39 is 24.2 Å². The van der Waals surface area contributed by atoms with E-state index in [9.17, 15) is 18.7 Å². The summed E-state index contributed by atoms with van der Waals surface area (Å²) in [6.07, 6.45) is -0.402. The van der Waals surface area contributed by atoms with Gasteiger partial charge in [-0.2, -0.15) is 0 Å². The number of aliphatic carboxylic acids is 1. The maximum absolute atomic E-state index is 15.0. The molecule has 3 aromatic carbocycles. The highest BCUT2D eigenvalue weighted by atomic mass is 35.5. The second kappa shape index (κ2) is 10.3. The summed E-state index contributed by atoms with van der Waals surface area (Å²) in [5.74, 6) is -1.27. The van der Waals surface area contributed by atoms with Crippen LogP contribution in [0.5, 0.6) is 5.75 Å². The number of guanidine groups is 1. The number of rotatable bonds is 5. The number of hydrogen-bond donors (Lipinski definition) is 0. The summed E-state index contributed by atoms with van der Waals surface area (Å²) in [6.45, 7) is 2.22. The summed E-state index contributed by atoms with van der Waals surface area (Å²) in [5.41, 5.74) is 1.93. The van der Waals surface area contributed by atoms with E-state index in [4.69, 9.17) is 21.3 Å². The van der Waals surface area contributed by atoms with Gasteiger partial charge in [0, 0.05) is 54.8 Å². The molecule has 0 saturated carbocycles. The molecule has 0 N–H and O–H groups in total. The van der Waals surface area contributed by atoms with Gasteiger partial charge in [0.2, 0.25) is 5.96 Å². The molecule has 7 nitrogen and oxygen atoms in total. The number of carboxylic acid groups (broad SMARTS) is 1. The van der Waals surface area contributed by atoms with Gasteiger partial charge in [0.05, 0.1) is 18.8 Å². The Kier molecular flexibility index (Phi) is 6.88. The summed E-state index contributed by atoms with van der Waals surface area (Å²) in [4.78, 5) is 22.5. The van der Waals surface area contributed by atoms with Crippen molar-refractivity contribution in [3.05, 3.63) is 82.9 Å². The minimum Gasteiger partial charge on any atom is -0.550 e. The lowest BCUT2D eigenvalue weighted by Crippen LogP contribution is -2.55. The second-order valence-corrected chi connectivity index (χ2v) is 9.25. The molecular weight excluding hydrogens is 502 g/mol. The van der Waals surface area contributed by atoms with Crippen LogP contribution in [0.15, 0.2) is 65.7 Å². The van der Waals surface area contributed by atoms with Crippen LogP contribution in [-0.2, 0) is 4.79 Å². The van der Waals surface area contributed by atoms with Gasteiger partial charge >= 0.3 is 0 Å².